The highest BCUT2D eigenvalue weighted by Gasteiger charge is 2.32. The zero-order valence-corrected chi connectivity index (χ0v) is 15.5. The van der Waals surface area contributed by atoms with Crippen LogP contribution in [0.4, 0.5) is 4.79 Å². The lowest BCUT2D eigenvalue weighted by molar-refractivity contribution is 0.187. The minimum atomic E-state index is -3.26. The molecule has 0 bridgehead atoms. The van der Waals surface area contributed by atoms with Crippen molar-refractivity contribution in [1.29, 1.82) is 0 Å². The number of benzene rings is 1. The van der Waals surface area contributed by atoms with Crippen LogP contribution in [0, 0.1) is 0 Å². The summed E-state index contributed by atoms with van der Waals surface area (Å²) in [6.07, 6.45) is 3.19. The quantitative estimate of drug-likeness (QED) is 0.840. The Labute approximate surface area is 154 Å². The van der Waals surface area contributed by atoms with Gasteiger partial charge in [-0.05, 0) is 37.0 Å². The molecule has 1 aromatic carbocycles. The van der Waals surface area contributed by atoms with Crippen molar-refractivity contribution in [3.63, 3.8) is 0 Å². The first kappa shape index (κ1) is 18.5. The summed E-state index contributed by atoms with van der Waals surface area (Å²) in [6.45, 7) is 1.48. The molecule has 3 rings (SSSR count). The van der Waals surface area contributed by atoms with Crippen LogP contribution in [0.1, 0.15) is 24.2 Å². The van der Waals surface area contributed by atoms with Gasteiger partial charge in [-0.3, -0.25) is 0 Å². The lowest BCUT2D eigenvalue weighted by Crippen LogP contribution is -2.47. The maximum absolute atomic E-state index is 12.5. The van der Waals surface area contributed by atoms with Gasteiger partial charge in [0.05, 0.1) is 11.5 Å². The second-order valence-corrected chi connectivity index (χ2v) is 8.82. The average molecular weight is 376 g/mol. The first-order chi connectivity index (χ1) is 12.5. The predicted octanol–water partition coefficient (Wildman–Crippen LogP) is 2.61. The van der Waals surface area contributed by atoms with Crippen molar-refractivity contribution >= 4 is 15.9 Å². The largest absolute Gasteiger partial charge is 0.468 e. The van der Waals surface area contributed by atoms with Gasteiger partial charge in [0.1, 0.15) is 11.5 Å². The minimum absolute atomic E-state index is 0.0755. The normalized spacial score (nSPS) is 15.8. The summed E-state index contributed by atoms with van der Waals surface area (Å²) in [7, 11) is -3.26. The first-order valence-electron chi connectivity index (χ1n) is 8.85. The molecule has 7 heteroatoms. The average Bonchev–Trinajstić information content (AvgIpc) is 3.15. The van der Waals surface area contributed by atoms with Crippen molar-refractivity contribution in [2.24, 2.45) is 0 Å². The van der Waals surface area contributed by atoms with Gasteiger partial charge in [-0.1, -0.05) is 30.3 Å². The minimum Gasteiger partial charge on any atom is -0.468 e. The second kappa shape index (κ2) is 8.40. The number of likely N-dealkylation sites (tertiary alicyclic amines) is 1. The molecule has 0 spiro atoms. The Bertz CT molecular complexity index is 795. The van der Waals surface area contributed by atoms with E-state index in [4.69, 9.17) is 4.42 Å². The van der Waals surface area contributed by atoms with Crippen molar-refractivity contribution < 1.29 is 17.6 Å². The number of piperidine rings is 1. The van der Waals surface area contributed by atoms with E-state index in [0.717, 1.165) is 6.42 Å². The van der Waals surface area contributed by atoms with Gasteiger partial charge in [0.15, 0.2) is 9.84 Å². The molecule has 6 nitrogen and oxygen atoms in total. The maximum atomic E-state index is 12.5. The first-order valence-corrected chi connectivity index (χ1v) is 10.6. The van der Waals surface area contributed by atoms with E-state index in [1.165, 1.54) is 11.8 Å². The summed E-state index contributed by atoms with van der Waals surface area (Å²) in [5.41, 5.74) is 1.18. The molecule has 1 saturated heterocycles. The fourth-order valence-electron chi connectivity index (χ4n) is 3.20. The molecular weight excluding hydrogens is 352 g/mol. The molecule has 2 aromatic rings. The van der Waals surface area contributed by atoms with Crippen LogP contribution >= 0.6 is 0 Å². The highest BCUT2D eigenvalue weighted by atomic mass is 32.2. The number of sulfone groups is 1. The van der Waals surface area contributed by atoms with Crippen LogP contribution in [0.15, 0.2) is 53.1 Å². The molecule has 0 unspecified atom stereocenters. The molecule has 1 aliphatic rings. The lowest BCUT2D eigenvalue weighted by Gasteiger charge is -2.31. The number of urea groups is 1. The smallest absolute Gasteiger partial charge is 0.317 e. The molecule has 140 valence electrons. The summed E-state index contributed by atoms with van der Waals surface area (Å²) in [5.74, 6) is 0.389. The number of carbonyl (C=O) groups is 1. The number of hydrogen-bond donors (Lipinski definition) is 1. The molecule has 1 fully saturated rings. The number of nitrogens with one attached hydrogen (secondary N) is 1. The van der Waals surface area contributed by atoms with Gasteiger partial charge in [-0.25, -0.2) is 13.2 Å². The summed E-state index contributed by atoms with van der Waals surface area (Å²) in [6, 6.07) is 13.2. The zero-order valence-electron chi connectivity index (χ0n) is 14.6. The van der Waals surface area contributed by atoms with E-state index in [1.54, 1.807) is 17.0 Å². The summed E-state index contributed by atoms with van der Waals surface area (Å²) in [5, 5.41) is 2.50. The lowest BCUT2D eigenvalue weighted by atomic mass is 10.1. The van der Waals surface area contributed by atoms with E-state index in [2.05, 4.69) is 5.32 Å². The Morgan fingerprint density at radius 3 is 2.50 bits per heavy atom. The number of rotatable bonds is 6. The van der Waals surface area contributed by atoms with Crippen LogP contribution in [0.3, 0.4) is 0 Å². The molecule has 1 aliphatic heterocycles. The standard InChI is InChI=1S/C19H24N2O4S/c22-19(20-11-8-16-5-2-1-3-6-16)21-12-9-18(10-13-21)26(23,24)15-17-7-4-14-25-17/h1-7,14,18H,8-13,15H2,(H,20,22). The molecule has 0 atom stereocenters. The SMILES string of the molecule is O=C(NCCc1ccccc1)N1CCC(S(=O)(=O)Cc2ccco2)CC1. The Morgan fingerprint density at radius 2 is 1.85 bits per heavy atom. The fourth-order valence-corrected chi connectivity index (χ4v) is 4.92. The van der Waals surface area contributed by atoms with Crippen LogP contribution in [0.2, 0.25) is 0 Å². The van der Waals surface area contributed by atoms with E-state index in [0.29, 0.717) is 38.2 Å². The van der Waals surface area contributed by atoms with Crippen LogP contribution in [-0.4, -0.2) is 44.2 Å². The van der Waals surface area contributed by atoms with E-state index in [1.807, 2.05) is 30.3 Å². The number of amides is 2. The van der Waals surface area contributed by atoms with Crippen LogP contribution in [-0.2, 0) is 22.0 Å². The van der Waals surface area contributed by atoms with Crippen molar-refractivity contribution in [1.82, 2.24) is 10.2 Å². The van der Waals surface area contributed by atoms with Gasteiger partial charge in [0, 0.05) is 19.6 Å². The van der Waals surface area contributed by atoms with Gasteiger partial charge in [-0.15, -0.1) is 0 Å². The maximum Gasteiger partial charge on any atom is 0.317 e. The van der Waals surface area contributed by atoms with Gasteiger partial charge >= 0.3 is 6.03 Å². The highest BCUT2D eigenvalue weighted by molar-refractivity contribution is 7.91. The highest BCUT2D eigenvalue weighted by Crippen LogP contribution is 2.21. The van der Waals surface area contributed by atoms with Crippen LogP contribution < -0.4 is 5.32 Å². The Morgan fingerprint density at radius 1 is 1.12 bits per heavy atom. The van der Waals surface area contributed by atoms with Crippen molar-refractivity contribution in [2.45, 2.75) is 30.3 Å². The summed E-state index contributed by atoms with van der Waals surface area (Å²) >= 11 is 0. The molecule has 1 aromatic heterocycles. The van der Waals surface area contributed by atoms with Crippen LogP contribution in [0.5, 0.6) is 0 Å². The third kappa shape index (κ3) is 4.88. The molecule has 0 radical (unpaired) electrons. The Kier molecular flexibility index (Phi) is 5.98. The number of hydrogen-bond acceptors (Lipinski definition) is 4. The fraction of sp³-hybridized carbons (Fsp3) is 0.421. The third-order valence-electron chi connectivity index (χ3n) is 4.69. The molecule has 1 N–H and O–H groups in total. The predicted molar refractivity (Wildman–Crippen MR) is 99.5 cm³/mol. The van der Waals surface area contributed by atoms with E-state index >= 15 is 0 Å². The third-order valence-corrected chi connectivity index (χ3v) is 6.87. The topological polar surface area (TPSA) is 79.6 Å². The number of nitrogens with zero attached hydrogens (tertiary/aromatic N) is 1. The van der Waals surface area contributed by atoms with Gasteiger partial charge in [0.2, 0.25) is 0 Å². The van der Waals surface area contributed by atoms with Crippen molar-refractivity contribution in [3.8, 4) is 0 Å². The Balaban J connectivity index is 1.43. The van der Waals surface area contributed by atoms with E-state index in [9.17, 15) is 13.2 Å². The molecule has 0 saturated carbocycles. The van der Waals surface area contributed by atoms with Gasteiger partial charge in [0.25, 0.3) is 0 Å². The number of furan rings is 1. The van der Waals surface area contributed by atoms with Gasteiger partial charge < -0.3 is 14.6 Å². The second-order valence-electron chi connectivity index (χ2n) is 6.54. The Hall–Kier alpha value is -2.28. The number of carbonyl (C=O) groups excluding carboxylic acids is 1. The van der Waals surface area contributed by atoms with Crippen molar-refractivity contribution in [3.05, 3.63) is 60.1 Å². The van der Waals surface area contributed by atoms with Crippen LogP contribution in [0.25, 0.3) is 0 Å². The monoisotopic (exact) mass is 376 g/mol. The zero-order chi connectivity index (χ0) is 18.4. The van der Waals surface area contributed by atoms with Gasteiger partial charge in [-0.2, -0.15) is 0 Å². The molecule has 2 amide bonds. The summed E-state index contributed by atoms with van der Waals surface area (Å²) in [4.78, 5) is 13.9. The van der Waals surface area contributed by atoms with E-state index in [-0.39, 0.29) is 11.8 Å². The van der Waals surface area contributed by atoms with Crippen molar-refractivity contribution in [2.75, 3.05) is 19.6 Å². The molecule has 2 heterocycles. The summed E-state index contributed by atoms with van der Waals surface area (Å²) < 4.78 is 30.1. The van der Waals surface area contributed by atoms with E-state index < -0.39 is 15.1 Å². The molecule has 0 aliphatic carbocycles. The molecular formula is C19H24N2O4S. The molecule has 26 heavy (non-hydrogen) atoms.